The first kappa shape index (κ1) is 18.0. The molecule has 22 heavy (non-hydrogen) atoms. The molecule has 1 rings (SSSR count). The van der Waals surface area contributed by atoms with E-state index in [1.54, 1.807) is 0 Å². The summed E-state index contributed by atoms with van der Waals surface area (Å²) in [5.41, 5.74) is 0.896. The van der Waals surface area contributed by atoms with E-state index < -0.39 is 11.8 Å². The van der Waals surface area contributed by atoms with Gasteiger partial charge in [-0.15, -0.1) is 0 Å². The van der Waals surface area contributed by atoms with E-state index in [1.165, 1.54) is 0 Å². The topological polar surface area (TPSA) is 87.7 Å². The van der Waals surface area contributed by atoms with Crippen LogP contribution in [0.25, 0.3) is 0 Å². The first-order valence-corrected chi connectivity index (χ1v) is 7.56. The molecule has 0 saturated carbocycles. The van der Waals surface area contributed by atoms with Gasteiger partial charge in [-0.3, -0.25) is 9.59 Å². The number of aliphatic hydroxyl groups is 1. The molecule has 6 nitrogen and oxygen atoms in total. The van der Waals surface area contributed by atoms with Crippen molar-refractivity contribution in [2.75, 3.05) is 19.8 Å². The first-order valence-electron chi connectivity index (χ1n) is 7.56. The number of ether oxygens (including phenoxy) is 1. The third kappa shape index (κ3) is 7.08. The van der Waals surface area contributed by atoms with Crippen molar-refractivity contribution in [3.63, 3.8) is 0 Å². The third-order valence-corrected chi connectivity index (χ3v) is 3.01. The molecule has 0 spiro atoms. The molecule has 0 unspecified atom stereocenters. The fraction of sp³-hybridized carbons (Fsp3) is 0.500. The number of unbranched alkanes of at least 4 members (excludes halogenated alkanes) is 2. The minimum atomic E-state index is -0.643. The molecule has 1 aromatic rings. The molecule has 0 saturated heterocycles. The average molecular weight is 308 g/mol. The summed E-state index contributed by atoms with van der Waals surface area (Å²) in [5, 5.41) is 13.8. The molecule has 3 N–H and O–H groups in total. The molecule has 0 aliphatic carbocycles. The van der Waals surface area contributed by atoms with Crippen LogP contribution in [0, 0.1) is 0 Å². The second-order valence-corrected chi connectivity index (χ2v) is 4.80. The number of hydrogen-bond acceptors (Lipinski definition) is 4. The SMILES string of the molecule is CCOc1ccc(CNC(=O)C(=O)NCCCCCO)cc1. The van der Waals surface area contributed by atoms with Crippen LogP contribution in [0.4, 0.5) is 0 Å². The summed E-state index contributed by atoms with van der Waals surface area (Å²) < 4.78 is 5.33. The molecule has 0 radical (unpaired) electrons. The maximum atomic E-state index is 11.6. The van der Waals surface area contributed by atoms with Gasteiger partial charge in [-0.2, -0.15) is 0 Å². The first-order chi connectivity index (χ1) is 10.7. The molecule has 6 heteroatoms. The van der Waals surface area contributed by atoms with E-state index in [4.69, 9.17) is 9.84 Å². The molecule has 2 amide bonds. The van der Waals surface area contributed by atoms with E-state index in [0.29, 0.717) is 26.1 Å². The lowest BCUT2D eigenvalue weighted by Gasteiger charge is -2.07. The molecule has 0 atom stereocenters. The van der Waals surface area contributed by atoms with Gasteiger partial charge in [0.25, 0.3) is 0 Å². The number of amides is 2. The van der Waals surface area contributed by atoms with Crippen molar-refractivity contribution in [2.24, 2.45) is 0 Å². The number of benzene rings is 1. The Morgan fingerprint density at radius 1 is 1.05 bits per heavy atom. The van der Waals surface area contributed by atoms with Gasteiger partial charge in [0.1, 0.15) is 5.75 Å². The van der Waals surface area contributed by atoms with Crippen LogP contribution in [0.15, 0.2) is 24.3 Å². The van der Waals surface area contributed by atoms with Gasteiger partial charge in [-0.1, -0.05) is 12.1 Å². The zero-order chi connectivity index (χ0) is 16.2. The standard InChI is InChI=1S/C16H24N2O4/c1-2-22-14-8-6-13(7-9-14)12-18-16(21)15(20)17-10-4-3-5-11-19/h6-9,19H,2-5,10-12H2,1H3,(H,17,20)(H,18,21). The normalized spacial score (nSPS) is 10.1. The zero-order valence-corrected chi connectivity index (χ0v) is 12.9. The van der Waals surface area contributed by atoms with Gasteiger partial charge in [-0.25, -0.2) is 0 Å². The summed E-state index contributed by atoms with van der Waals surface area (Å²) in [7, 11) is 0. The maximum absolute atomic E-state index is 11.6. The summed E-state index contributed by atoms with van der Waals surface area (Å²) in [6.45, 7) is 3.40. The van der Waals surface area contributed by atoms with Crippen LogP contribution in [0.5, 0.6) is 5.75 Å². The molecule has 0 fully saturated rings. The van der Waals surface area contributed by atoms with Crippen molar-refractivity contribution < 1.29 is 19.4 Å². The van der Waals surface area contributed by atoms with Crippen molar-refractivity contribution in [3.05, 3.63) is 29.8 Å². The Kier molecular flexibility index (Phi) is 8.67. The van der Waals surface area contributed by atoms with Gasteiger partial charge >= 0.3 is 11.8 Å². The third-order valence-electron chi connectivity index (χ3n) is 3.01. The van der Waals surface area contributed by atoms with E-state index >= 15 is 0 Å². The highest BCUT2D eigenvalue weighted by Crippen LogP contribution is 2.11. The molecule has 0 bridgehead atoms. The van der Waals surface area contributed by atoms with Crippen LogP contribution < -0.4 is 15.4 Å². The number of rotatable bonds is 9. The number of aliphatic hydroxyl groups excluding tert-OH is 1. The Balaban J connectivity index is 2.25. The van der Waals surface area contributed by atoms with E-state index in [9.17, 15) is 9.59 Å². The van der Waals surface area contributed by atoms with Gasteiger partial charge in [0.05, 0.1) is 6.61 Å². The van der Waals surface area contributed by atoms with Crippen LogP contribution in [0.1, 0.15) is 31.7 Å². The molecule has 0 aliphatic rings. The molecule has 0 aliphatic heterocycles. The van der Waals surface area contributed by atoms with Crippen molar-refractivity contribution >= 4 is 11.8 Å². The summed E-state index contributed by atoms with van der Waals surface area (Å²) in [4.78, 5) is 23.2. The van der Waals surface area contributed by atoms with Crippen molar-refractivity contribution in [1.29, 1.82) is 0 Å². The second kappa shape index (κ2) is 10.6. The van der Waals surface area contributed by atoms with Crippen LogP contribution in [-0.4, -0.2) is 36.7 Å². The molecule has 0 heterocycles. The number of carbonyl (C=O) groups excluding carboxylic acids is 2. The zero-order valence-electron chi connectivity index (χ0n) is 12.9. The average Bonchev–Trinajstić information content (AvgIpc) is 2.53. The molecular weight excluding hydrogens is 284 g/mol. The summed E-state index contributed by atoms with van der Waals surface area (Å²) in [5.74, 6) is -0.496. The van der Waals surface area contributed by atoms with E-state index in [-0.39, 0.29) is 6.61 Å². The van der Waals surface area contributed by atoms with Gasteiger partial charge in [-0.05, 0) is 43.9 Å². The quantitative estimate of drug-likeness (QED) is 0.469. The van der Waals surface area contributed by atoms with Crippen molar-refractivity contribution in [1.82, 2.24) is 10.6 Å². The Labute approximate surface area is 130 Å². The monoisotopic (exact) mass is 308 g/mol. The van der Waals surface area contributed by atoms with Gasteiger partial charge in [0.15, 0.2) is 0 Å². The van der Waals surface area contributed by atoms with Crippen LogP contribution in [-0.2, 0) is 16.1 Å². The minimum absolute atomic E-state index is 0.149. The smallest absolute Gasteiger partial charge is 0.309 e. The van der Waals surface area contributed by atoms with Crippen LogP contribution >= 0.6 is 0 Å². The highest BCUT2D eigenvalue weighted by atomic mass is 16.5. The number of hydrogen-bond donors (Lipinski definition) is 3. The highest BCUT2D eigenvalue weighted by molar-refractivity contribution is 6.35. The van der Waals surface area contributed by atoms with E-state index in [0.717, 1.165) is 24.2 Å². The predicted molar refractivity (Wildman–Crippen MR) is 83.4 cm³/mol. The van der Waals surface area contributed by atoms with Crippen molar-refractivity contribution in [3.8, 4) is 5.75 Å². The van der Waals surface area contributed by atoms with Crippen LogP contribution in [0.3, 0.4) is 0 Å². The minimum Gasteiger partial charge on any atom is -0.494 e. The number of nitrogens with one attached hydrogen (secondary N) is 2. The largest absolute Gasteiger partial charge is 0.494 e. The fourth-order valence-corrected chi connectivity index (χ4v) is 1.83. The fourth-order valence-electron chi connectivity index (χ4n) is 1.83. The molecular formula is C16H24N2O4. The lowest BCUT2D eigenvalue weighted by atomic mass is 10.2. The lowest BCUT2D eigenvalue weighted by molar-refractivity contribution is -0.139. The Hall–Kier alpha value is -2.08. The summed E-state index contributed by atoms with van der Waals surface area (Å²) in [6.07, 6.45) is 2.28. The van der Waals surface area contributed by atoms with Gasteiger partial charge in [0, 0.05) is 19.7 Å². The highest BCUT2D eigenvalue weighted by Gasteiger charge is 2.11. The summed E-state index contributed by atoms with van der Waals surface area (Å²) in [6, 6.07) is 7.34. The summed E-state index contributed by atoms with van der Waals surface area (Å²) >= 11 is 0. The van der Waals surface area contributed by atoms with Gasteiger partial charge < -0.3 is 20.5 Å². The molecule has 0 aromatic heterocycles. The number of carbonyl (C=O) groups is 2. The Morgan fingerprint density at radius 2 is 1.73 bits per heavy atom. The van der Waals surface area contributed by atoms with E-state index in [1.807, 2.05) is 31.2 Å². The molecule has 1 aromatic carbocycles. The Morgan fingerprint density at radius 3 is 2.36 bits per heavy atom. The van der Waals surface area contributed by atoms with E-state index in [2.05, 4.69) is 10.6 Å². The Bertz CT molecular complexity index is 460. The lowest BCUT2D eigenvalue weighted by Crippen LogP contribution is -2.39. The van der Waals surface area contributed by atoms with Gasteiger partial charge in [0.2, 0.25) is 0 Å². The van der Waals surface area contributed by atoms with Crippen molar-refractivity contribution in [2.45, 2.75) is 32.7 Å². The van der Waals surface area contributed by atoms with Crippen LogP contribution in [0.2, 0.25) is 0 Å². The maximum Gasteiger partial charge on any atom is 0.309 e. The molecule has 122 valence electrons. The predicted octanol–water partition coefficient (Wildman–Crippen LogP) is 0.980. The second-order valence-electron chi connectivity index (χ2n) is 4.80.